The topological polar surface area (TPSA) is 39.1 Å². The monoisotopic (exact) mass is 278 g/mol. The number of carbonyl (C=O) groups is 1. The summed E-state index contributed by atoms with van der Waals surface area (Å²) < 4.78 is 0. The molecule has 2 radical (unpaired) electrons. The third-order valence-electron chi connectivity index (χ3n) is 3.28. The zero-order valence-electron chi connectivity index (χ0n) is 10.9. The number of nitrogens with zero attached hydrogens (tertiary/aromatic N) is 4. The highest BCUT2D eigenvalue weighted by atomic mass is 35.5. The van der Waals surface area contributed by atoms with Crippen LogP contribution in [0.5, 0.6) is 0 Å². The van der Waals surface area contributed by atoms with Crippen LogP contribution in [0.4, 0.5) is 0 Å². The van der Waals surface area contributed by atoms with E-state index >= 15 is 0 Å². The van der Waals surface area contributed by atoms with Gasteiger partial charge in [0, 0.05) is 45.0 Å². The Labute approximate surface area is 119 Å². The normalized spacial score (nSPS) is 20.6. The van der Waals surface area contributed by atoms with Gasteiger partial charge in [0.15, 0.2) is 0 Å². The first-order valence-electron chi connectivity index (χ1n) is 6.17. The van der Waals surface area contributed by atoms with Gasteiger partial charge in [-0.2, -0.15) is 0 Å². The molecule has 2 aliphatic heterocycles. The highest BCUT2D eigenvalue weighted by Crippen LogP contribution is 2.20. The molecule has 1 saturated heterocycles. The summed E-state index contributed by atoms with van der Waals surface area (Å²) in [5.41, 5.74) is 1.12. The van der Waals surface area contributed by atoms with Gasteiger partial charge in [-0.25, -0.2) is 0 Å². The number of halogens is 1. The fourth-order valence-corrected chi connectivity index (χ4v) is 2.54. The summed E-state index contributed by atoms with van der Waals surface area (Å²) >= 11 is 6.09. The predicted octanol–water partition coefficient (Wildman–Crippen LogP) is 0.542. The first-order valence-corrected chi connectivity index (χ1v) is 6.55. The summed E-state index contributed by atoms with van der Waals surface area (Å²) in [7, 11) is 5.16. The molecule has 0 aromatic carbocycles. The van der Waals surface area contributed by atoms with E-state index in [1.165, 1.54) is 0 Å². The van der Waals surface area contributed by atoms with Crippen LogP contribution in [0.2, 0.25) is 0 Å². The maximum Gasteiger partial charge on any atom is 0.261 e. The molecule has 2 aliphatic rings. The van der Waals surface area contributed by atoms with E-state index in [2.05, 4.69) is 9.80 Å². The Kier molecular flexibility index (Phi) is 4.53. The Bertz CT molecular complexity index is 441. The lowest BCUT2D eigenvalue weighted by atomic mass is 10.2. The summed E-state index contributed by atoms with van der Waals surface area (Å²) in [5, 5.41) is 0.648. The Morgan fingerprint density at radius 2 is 2.11 bits per heavy atom. The predicted molar refractivity (Wildman–Crippen MR) is 76.8 cm³/mol. The van der Waals surface area contributed by atoms with Crippen LogP contribution < -0.4 is 0 Å². The van der Waals surface area contributed by atoms with Gasteiger partial charge < -0.3 is 19.6 Å². The highest BCUT2D eigenvalue weighted by Gasteiger charge is 2.22. The van der Waals surface area contributed by atoms with E-state index in [0.717, 1.165) is 31.9 Å². The van der Waals surface area contributed by atoms with Crippen LogP contribution in [0.3, 0.4) is 0 Å². The minimum atomic E-state index is 0.132. The first kappa shape index (κ1) is 14.0. The van der Waals surface area contributed by atoms with E-state index in [0.29, 0.717) is 11.6 Å². The number of allylic oxidation sites excluding steroid dienone is 2. The summed E-state index contributed by atoms with van der Waals surface area (Å²) in [6, 6.07) is 0. The number of hydrogen-bond donors (Lipinski definition) is 0. The molecule has 0 aliphatic carbocycles. The molecule has 1 amide bonds. The van der Waals surface area contributed by atoms with Gasteiger partial charge in [0.25, 0.3) is 7.98 Å². The average molecular weight is 279 g/mol. The van der Waals surface area contributed by atoms with Crippen molar-refractivity contribution in [2.24, 2.45) is 4.90 Å². The molecule has 100 valence electrons. The molecular formula is C12H16BClN4O. The van der Waals surface area contributed by atoms with Gasteiger partial charge >= 0.3 is 0 Å². The Morgan fingerprint density at radius 3 is 2.68 bits per heavy atom. The van der Waals surface area contributed by atoms with Crippen molar-refractivity contribution in [1.29, 1.82) is 0 Å². The fourth-order valence-electron chi connectivity index (χ4n) is 2.29. The maximum absolute atomic E-state index is 11.3. The van der Waals surface area contributed by atoms with Crippen LogP contribution in [-0.4, -0.2) is 67.7 Å². The molecule has 0 atom stereocenters. The number of hydrogen-bond acceptors (Lipinski definition) is 3. The summed E-state index contributed by atoms with van der Waals surface area (Å²) in [4.78, 5) is 20.7. The molecule has 1 fully saturated rings. The Balaban J connectivity index is 2.00. The molecule has 2 rings (SSSR count). The largest absolute Gasteiger partial charge is 0.370 e. The Hall–Kier alpha value is -1.43. The molecule has 0 unspecified atom stereocenters. The van der Waals surface area contributed by atoms with Gasteiger partial charge in [-0.3, -0.25) is 4.79 Å². The van der Waals surface area contributed by atoms with Gasteiger partial charge in [-0.1, -0.05) is 11.6 Å². The van der Waals surface area contributed by atoms with E-state index in [-0.39, 0.29) is 5.91 Å². The van der Waals surface area contributed by atoms with E-state index in [1.807, 2.05) is 15.9 Å². The standard InChI is InChI=1S/C12H16BClN4O/c1-10(19)17-2-4-18(5-3-17)12-6-11(14)7-16(8-12)9-15-13/h6-7,9H,2-5,8H2,1H3. The first-order chi connectivity index (χ1) is 9.10. The van der Waals surface area contributed by atoms with Crippen LogP contribution in [-0.2, 0) is 4.79 Å². The highest BCUT2D eigenvalue weighted by molar-refractivity contribution is 6.31. The minimum Gasteiger partial charge on any atom is -0.370 e. The molecule has 0 N–H and O–H groups in total. The number of rotatable bonds is 2. The van der Waals surface area contributed by atoms with Crippen molar-refractivity contribution in [1.82, 2.24) is 14.7 Å². The van der Waals surface area contributed by atoms with Crippen LogP contribution in [0, 0.1) is 0 Å². The van der Waals surface area contributed by atoms with Gasteiger partial charge in [0.05, 0.1) is 17.9 Å². The second-order valence-corrected chi connectivity index (χ2v) is 5.02. The van der Waals surface area contributed by atoms with Crippen LogP contribution in [0.15, 0.2) is 27.9 Å². The molecule has 7 heteroatoms. The van der Waals surface area contributed by atoms with E-state index in [9.17, 15) is 4.79 Å². The van der Waals surface area contributed by atoms with Crippen LogP contribution in [0.25, 0.3) is 0 Å². The van der Waals surface area contributed by atoms with E-state index in [1.54, 1.807) is 19.5 Å². The summed E-state index contributed by atoms with van der Waals surface area (Å²) in [6.07, 6.45) is 5.28. The lowest BCUT2D eigenvalue weighted by molar-refractivity contribution is -0.130. The molecule has 0 spiro atoms. The second-order valence-electron chi connectivity index (χ2n) is 4.58. The van der Waals surface area contributed by atoms with E-state index < -0.39 is 0 Å². The SMILES string of the molecule is [B]N=CN1C=C(Cl)C=C(N2CCN(C(C)=O)CC2)C1. The molecule has 0 bridgehead atoms. The number of piperazine rings is 1. The van der Waals surface area contributed by atoms with Crippen molar-refractivity contribution < 1.29 is 4.79 Å². The van der Waals surface area contributed by atoms with Crippen molar-refractivity contribution in [3.63, 3.8) is 0 Å². The van der Waals surface area contributed by atoms with Gasteiger partial charge in [-0.05, 0) is 6.08 Å². The smallest absolute Gasteiger partial charge is 0.261 e. The average Bonchev–Trinajstić information content (AvgIpc) is 2.38. The molecule has 2 heterocycles. The van der Waals surface area contributed by atoms with Gasteiger partial charge in [-0.15, -0.1) is 0 Å². The maximum atomic E-state index is 11.3. The molecular weight excluding hydrogens is 262 g/mol. The fraction of sp³-hybridized carbons (Fsp3) is 0.500. The quantitative estimate of drug-likeness (QED) is 0.420. The van der Waals surface area contributed by atoms with Crippen molar-refractivity contribution >= 4 is 31.8 Å². The number of carbonyl (C=O) groups excluding carboxylic acids is 1. The molecule has 0 saturated carbocycles. The van der Waals surface area contributed by atoms with Crippen LogP contribution in [0.1, 0.15) is 6.92 Å². The van der Waals surface area contributed by atoms with E-state index in [4.69, 9.17) is 19.6 Å². The van der Waals surface area contributed by atoms with Crippen molar-refractivity contribution in [3.8, 4) is 0 Å². The zero-order chi connectivity index (χ0) is 13.8. The van der Waals surface area contributed by atoms with Crippen molar-refractivity contribution in [2.75, 3.05) is 32.7 Å². The minimum absolute atomic E-state index is 0.132. The summed E-state index contributed by atoms with van der Waals surface area (Å²) in [5.74, 6) is 0.132. The molecule has 5 nitrogen and oxygen atoms in total. The lowest BCUT2D eigenvalue weighted by Crippen LogP contribution is -2.48. The molecule has 0 aromatic rings. The number of amides is 1. The molecule has 0 aromatic heterocycles. The van der Waals surface area contributed by atoms with Crippen LogP contribution >= 0.6 is 11.6 Å². The van der Waals surface area contributed by atoms with Crippen molar-refractivity contribution in [3.05, 3.63) is 23.0 Å². The van der Waals surface area contributed by atoms with Gasteiger partial charge in [0.2, 0.25) is 5.91 Å². The zero-order valence-corrected chi connectivity index (χ0v) is 11.7. The lowest BCUT2D eigenvalue weighted by Gasteiger charge is -2.38. The van der Waals surface area contributed by atoms with Crippen molar-refractivity contribution in [2.45, 2.75) is 6.92 Å². The van der Waals surface area contributed by atoms with Gasteiger partial charge in [0.1, 0.15) is 0 Å². The third-order valence-corrected chi connectivity index (χ3v) is 3.49. The summed E-state index contributed by atoms with van der Waals surface area (Å²) in [6.45, 7) is 5.44. The molecule has 19 heavy (non-hydrogen) atoms. The third kappa shape index (κ3) is 3.53. The second kappa shape index (κ2) is 6.15. The Morgan fingerprint density at radius 1 is 1.42 bits per heavy atom.